The van der Waals surface area contributed by atoms with Crippen molar-refractivity contribution in [3.63, 3.8) is 0 Å². The lowest BCUT2D eigenvalue weighted by molar-refractivity contribution is -0.124. The van der Waals surface area contributed by atoms with Crippen molar-refractivity contribution in [2.75, 3.05) is 57.3 Å². The Morgan fingerprint density at radius 2 is 1.65 bits per heavy atom. The third kappa shape index (κ3) is 7.87. The molecule has 2 aromatic rings. The van der Waals surface area contributed by atoms with E-state index in [1.54, 1.807) is 4.90 Å². The van der Waals surface area contributed by atoms with Crippen molar-refractivity contribution in [1.29, 1.82) is 5.26 Å². The van der Waals surface area contributed by atoms with Gasteiger partial charge in [-0.25, -0.2) is 0 Å². The molecule has 1 N–H and O–H groups in total. The van der Waals surface area contributed by atoms with Crippen LogP contribution in [0.1, 0.15) is 18.9 Å². The maximum atomic E-state index is 13.1. The first kappa shape index (κ1) is 25.2. The van der Waals surface area contributed by atoms with Gasteiger partial charge in [-0.15, -0.1) is 0 Å². The number of hydrogen-bond acceptors (Lipinski definition) is 6. The molecular formula is C26H33N5O3. The summed E-state index contributed by atoms with van der Waals surface area (Å²) in [6, 6.07) is 19.4. The Morgan fingerprint density at radius 1 is 1.00 bits per heavy atom. The predicted octanol–water partition coefficient (Wildman–Crippen LogP) is 2.27. The summed E-state index contributed by atoms with van der Waals surface area (Å²) in [6.07, 6.45) is 0.269. The number of ether oxygens (including phenoxy) is 1. The Hall–Kier alpha value is -3.41. The fourth-order valence-corrected chi connectivity index (χ4v) is 3.89. The molecule has 1 saturated heterocycles. The van der Waals surface area contributed by atoms with Crippen LogP contribution < -0.4 is 15.0 Å². The standard InChI is InChI=1S/C26H33N5O3/c1-2-34-24-11-9-23(10-12-24)31(14-6-13-27)26(33)21-30-17-15-29(16-18-30)20-25(32)28-19-22-7-4-3-5-8-22/h3-5,7-12H,2,6,14-21H2,1H3,(H,28,32). The summed E-state index contributed by atoms with van der Waals surface area (Å²) in [7, 11) is 0. The van der Waals surface area contributed by atoms with E-state index in [4.69, 9.17) is 10.00 Å². The number of benzene rings is 2. The normalized spacial score (nSPS) is 14.2. The van der Waals surface area contributed by atoms with E-state index in [9.17, 15) is 9.59 Å². The Labute approximate surface area is 201 Å². The van der Waals surface area contributed by atoms with Gasteiger partial charge in [-0.3, -0.25) is 19.4 Å². The van der Waals surface area contributed by atoms with Gasteiger partial charge >= 0.3 is 0 Å². The van der Waals surface area contributed by atoms with Crippen LogP contribution in [0.4, 0.5) is 5.69 Å². The number of carbonyl (C=O) groups excluding carboxylic acids is 2. The lowest BCUT2D eigenvalue weighted by Gasteiger charge is -2.35. The fraction of sp³-hybridized carbons (Fsp3) is 0.423. The van der Waals surface area contributed by atoms with E-state index in [1.165, 1.54) is 0 Å². The molecule has 0 saturated carbocycles. The molecule has 8 heteroatoms. The Morgan fingerprint density at radius 3 is 2.26 bits per heavy atom. The predicted molar refractivity (Wildman–Crippen MR) is 131 cm³/mol. The van der Waals surface area contributed by atoms with Gasteiger partial charge in [0.15, 0.2) is 0 Å². The molecule has 0 spiro atoms. The zero-order valence-corrected chi connectivity index (χ0v) is 19.8. The number of nitrogens with one attached hydrogen (secondary N) is 1. The van der Waals surface area contributed by atoms with Crippen LogP contribution in [0.2, 0.25) is 0 Å². The van der Waals surface area contributed by atoms with Crippen LogP contribution in [-0.2, 0) is 16.1 Å². The quantitative estimate of drug-likeness (QED) is 0.550. The molecule has 0 atom stereocenters. The number of anilines is 1. The molecule has 3 rings (SSSR count). The van der Waals surface area contributed by atoms with Crippen molar-refractivity contribution in [1.82, 2.24) is 15.1 Å². The van der Waals surface area contributed by atoms with E-state index in [-0.39, 0.29) is 24.8 Å². The largest absolute Gasteiger partial charge is 0.494 e. The van der Waals surface area contributed by atoms with Gasteiger partial charge in [0, 0.05) is 45.0 Å². The lowest BCUT2D eigenvalue weighted by atomic mass is 10.2. The van der Waals surface area contributed by atoms with Crippen molar-refractivity contribution in [2.24, 2.45) is 0 Å². The minimum Gasteiger partial charge on any atom is -0.494 e. The Kier molecular flexibility index (Phi) is 9.89. The van der Waals surface area contributed by atoms with Crippen LogP contribution in [-0.4, -0.2) is 74.0 Å². The summed E-state index contributed by atoms with van der Waals surface area (Å²) in [4.78, 5) is 31.3. The molecule has 1 aliphatic heterocycles. The third-order valence-electron chi connectivity index (χ3n) is 5.73. The molecule has 0 aromatic heterocycles. The van der Waals surface area contributed by atoms with Gasteiger partial charge in [0.1, 0.15) is 5.75 Å². The number of carbonyl (C=O) groups is 2. The van der Waals surface area contributed by atoms with E-state index in [0.717, 1.165) is 30.1 Å². The minimum atomic E-state index is -0.0338. The number of nitrogens with zero attached hydrogens (tertiary/aromatic N) is 4. The van der Waals surface area contributed by atoms with Crippen molar-refractivity contribution in [3.8, 4) is 11.8 Å². The first-order valence-electron chi connectivity index (χ1n) is 11.7. The summed E-state index contributed by atoms with van der Waals surface area (Å²) in [5.74, 6) is 0.725. The topological polar surface area (TPSA) is 88.9 Å². The molecule has 2 amide bonds. The maximum absolute atomic E-state index is 13.1. The summed E-state index contributed by atoms with van der Waals surface area (Å²) in [5, 5.41) is 12.0. The summed E-state index contributed by atoms with van der Waals surface area (Å²) >= 11 is 0. The van der Waals surface area contributed by atoms with Crippen LogP contribution >= 0.6 is 0 Å². The second-order valence-electron chi connectivity index (χ2n) is 8.20. The monoisotopic (exact) mass is 463 g/mol. The number of rotatable bonds is 11. The van der Waals surface area contributed by atoms with Gasteiger partial charge in [0.2, 0.25) is 11.8 Å². The van der Waals surface area contributed by atoms with E-state index in [1.807, 2.05) is 61.5 Å². The lowest BCUT2D eigenvalue weighted by Crippen LogP contribution is -2.52. The number of hydrogen-bond donors (Lipinski definition) is 1. The molecule has 1 aliphatic rings. The second kappa shape index (κ2) is 13.3. The third-order valence-corrected chi connectivity index (χ3v) is 5.73. The van der Waals surface area contributed by atoms with Crippen LogP contribution in [0.3, 0.4) is 0 Å². The molecule has 2 aromatic carbocycles. The molecule has 0 aliphatic carbocycles. The van der Waals surface area contributed by atoms with Crippen LogP contribution in [0.15, 0.2) is 54.6 Å². The average molecular weight is 464 g/mol. The SMILES string of the molecule is CCOc1ccc(N(CCC#N)C(=O)CN2CCN(CC(=O)NCc3ccccc3)CC2)cc1. The second-order valence-corrected chi connectivity index (χ2v) is 8.20. The van der Waals surface area contributed by atoms with E-state index >= 15 is 0 Å². The smallest absolute Gasteiger partial charge is 0.241 e. The van der Waals surface area contributed by atoms with E-state index < -0.39 is 0 Å². The van der Waals surface area contributed by atoms with Crippen molar-refractivity contribution >= 4 is 17.5 Å². The number of piperazine rings is 1. The van der Waals surface area contributed by atoms with Crippen LogP contribution in [0.25, 0.3) is 0 Å². The molecule has 34 heavy (non-hydrogen) atoms. The molecule has 0 unspecified atom stereocenters. The summed E-state index contributed by atoms with van der Waals surface area (Å²) in [6.45, 7) is 6.91. The highest BCUT2D eigenvalue weighted by molar-refractivity contribution is 5.94. The highest BCUT2D eigenvalue weighted by atomic mass is 16.5. The number of nitriles is 1. The molecule has 1 fully saturated rings. The first-order chi connectivity index (χ1) is 16.6. The minimum absolute atomic E-state index is 0.00607. The van der Waals surface area contributed by atoms with E-state index in [0.29, 0.717) is 39.3 Å². The zero-order chi connectivity index (χ0) is 24.2. The van der Waals surface area contributed by atoms with E-state index in [2.05, 4.69) is 21.2 Å². The first-order valence-corrected chi connectivity index (χ1v) is 11.7. The van der Waals surface area contributed by atoms with Gasteiger partial charge in [-0.05, 0) is 36.8 Å². The van der Waals surface area contributed by atoms with Gasteiger partial charge < -0.3 is 15.0 Å². The van der Waals surface area contributed by atoms with Gasteiger partial charge in [0.05, 0.1) is 32.2 Å². The molecule has 0 bridgehead atoms. The maximum Gasteiger partial charge on any atom is 0.241 e. The van der Waals surface area contributed by atoms with Crippen molar-refractivity contribution < 1.29 is 14.3 Å². The molecule has 0 radical (unpaired) electrons. The number of amides is 2. The van der Waals surface area contributed by atoms with Crippen molar-refractivity contribution in [2.45, 2.75) is 19.9 Å². The molecule has 8 nitrogen and oxygen atoms in total. The highest BCUT2D eigenvalue weighted by Crippen LogP contribution is 2.20. The fourth-order valence-electron chi connectivity index (χ4n) is 3.89. The Bertz CT molecular complexity index is 951. The van der Waals surface area contributed by atoms with Crippen LogP contribution in [0.5, 0.6) is 5.75 Å². The molecule has 180 valence electrons. The van der Waals surface area contributed by atoms with Gasteiger partial charge in [-0.2, -0.15) is 5.26 Å². The zero-order valence-electron chi connectivity index (χ0n) is 19.8. The summed E-state index contributed by atoms with van der Waals surface area (Å²) in [5.41, 5.74) is 1.84. The van der Waals surface area contributed by atoms with Crippen LogP contribution in [0, 0.1) is 11.3 Å². The highest BCUT2D eigenvalue weighted by Gasteiger charge is 2.23. The summed E-state index contributed by atoms with van der Waals surface area (Å²) < 4.78 is 5.48. The van der Waals surface area contributed by atoms with Gasteiger partial charge in [-0.1, -0.05) is 30.3 Å². The Balaban J connectivity index is 1.46. The molecule has 1 heterocycles. The van der Waals surface area contributed by atoms with Gasteiger partial charge in [0.25, 0.3) is 0 Å². The average Bonchev–Trinajstić information content (AvgIpc) is 2.86. The van der Waals surface area contributed by atoms with Crippen molar-refractivity contribution in [3.05, 3.63) is 60.2 Å². The molecular weight excluding hydrogens is 430 g/mol.